The summed E-state index contributed by atoms with van der Waals surface area (Å²) < 4.78 is 13.9. The summed E-state index contributed by atoms with van der Waals surface area (Å²) in [7, 11) is 3.10. The number of nitrogens with zero attached hydrogens (tertiary/aromatic N) is 6. The van der Waals surface area contributed by atoms with Gasteiger partial charge in [-0.05, 0) is 54.6 Å². The first-order valence-electron chi connectivity index (χ1n) is 9.77. The summed E-state index contributed by atoms with van der Waals surface area (Å²) >= 11 is 5.95. The highest BCUT2D eigenvalue weighted by Crippen LogP contribution is 2.29. The van der Waals surface area contributed by atoms with E-state index in [2.05, 4.69) is 20.4 Å². The zero-order chi connectivity index (χ0) is 22.8. The lowest BCUT2D eigenvalue weighted by Gasteiger charge is -2.16. The number of tetrazole rings is 1. The van der Waals surface area contributed by atoms with Gasteiger partial charge in [-0.1, -0.05) is 17.7 Å². The third-order valence-corrected chi connectivity index (χ3v) is 5.22. The maximum atomic E-state index is 12.4. The highest BCUT2D eigenvalue weighted by molar-refractivity contribution is 6.30. The lowest BCUT2D eigenvalue weighted by atomic mass is 10.1. The molecule has 0 radical (unpaired) electrons. The van der Waals surface area contributed by atoms with Crippen LogP contribution in [0.2, 0.25) is 5.02 Å². The van der Waals surface area contributed by atoms with Gasteiger partial charge in [0.25, 0.3) is 0 Å². The molecule has 32 heavy (non-hydrogen) atoms. The molecule has 1 aromatic carbocycles. The second kappa shape index (κ2) is 8.80. The van der Waals surface area contributed by atoms with Crippen molar-refractivity contribution in [2.24, 2.45) is 7.05 Å². The number of halogens is 1. The van der Waals surface area contributed by atoms with Crippen molar-refractivity contribution in [2.45, 2.75) is 20.5 Å². The molecule has 0 amide bonds. The number of aryl methyl sites for hydroxylation is 3. The molecule has 3 aromatic heterocycles. The van der Waals surface area contributed by atoms with Crippen LogP contribution in [0, 0.1) is 13.8 Å². The van der Waals surface area contributed by atoms with Gasteiger partial charge in [-0.25, -0.2) is 9.78 Å². The Labute approximate surface area is 189 Å². The molecule has 0 saturated carbocycles. The molecule has 0 atom stereocenters. The maximum absolute atomic E-state index is 12.4. The fourth-order valence-electron chi connectivity index (χ4n) is 3.32. The van der Waals surface area contributed by atoms with Crippen molar-refractivity contribution in [3.63, 3.8) is 0 Å². The fraction of sp³-hybridized carbons (Fsp3) is 0.227. The summed E-state index contributed by atoms with van der Waals surface area (Å²) in [6.45, 7) is 3.93. The average molecular weight is 453 g/mol. The molecule has 0 spiro atoms. The molecule has 0 N–H and O–H groups in total. The van der Waals surface area contributed by atoms with Gasteiger partial charge in [0.1, 0.15) is 12.4 Å². The van der Waals surface area contributed by atoms with Gasteiger partial charge in [-0.2, -0.15) is 9.36 Å². The monoisotopic (exact) mass is 452 g/mol. The number of aromatic nitrogens is 6. The third kappa shape index (κ3) is 4.06. The highest BCUT2D eigenvalue weighted by Gasteiger charge is 2.17. The van der Waals surface area contributed by atoms with Gasteiger partial charge < -0.3 is 9.47 Å². The molecule has 0 aliphatic carbocycles. The number of ether oxygens (including phenoxy) is 2. The summed E-state index contributed by atoms with van der Waals surface area (Å²) in [6, 6.07) is 11.0. The Hall–Kier alpha value is -3.72. The van der Waals surface area contributed by atoms with E-state index in [-0.39, 0.29) is 12.3 Å². The topological polar surface area (TPSA) is 97.0 Å². The molecule has 4 aromatic rings. The predicted octanol–water partition coefficient (Wildman–Crippen LogP) is 3.28. The predicted molar refractivity (Wildman–Crippen MR) is 119 cm³/mol. The van der Waals surface area contributed by atoms with Gasteiger partial charge in [0.15, 0.2) is 0 Å². The minimum absolute atomic E-state index is 0.119. The lowest BCUT2D eigenvalue weighted by molar-refractivity contribution is 0.282. The Bertz CT molecular complexity index is 1330. The maximum Gasteiger partial charge on any atom is 0.368 e. The molecule has 0 unspecified atom stereocenters. The smallest absolute Gasteiger partial charge is 0.368 e. The molecular weight excluding hydrogens is 432 g/mol. The molecule has 4 rings (SSSR count). The zero-order valence-corrected chi connectivity index (χ0v) is 18.8. The van der Waals surface area contributed by atoms with Crippen molar-refractivity contribution in [1.29, 1.82) is 0 Å². The molecule has 164 valence electrons. The Morgan fingerprint density at radius 3 is 2.59 bits per heavy atom. The first kappa shape index (κ1) is 21.5. The van der Waals surface area contributed by atoms with Gasteiger partial charge in [-0.3, -0.25) is 4.98 Å². The van der Waals surface area contributed by atoms with E-state index >= 15 is 0 Å². The van der Waals surface area contributed by atoms with Crippen molar-refractivity contribution >= 4 is 11.6 Å². The van der Waals surface area contributed by atoms with E-state index in [0.29, 0.717) is 27.9 Å². The normalized spacial score (nSPS) is 10.9. The lowest BCUT2D eigenvalue weighted by Crippen LogP contribution is -2.23. The van der Waals surface area contributed by atoms with Gasteiger partial charge in [-0.15, -0.1) is 0 Å². The molecule has 0 aliphatic rings. The van der Waals surface area contributed by atoms with Crippen molar-refractivity contribution in [3.8, 4) is 28.6 Å². The summed E-state index contributed by atoms with van der Waals surface area (Å²) in [5, 5.41) is 8.29. The van der Waals surface area contributed by atoms with Crippen molar-refractivity contribution in [3.05, 3.63) is 74.9 Å². The molecule has 0 bridgehead atoms. The molecule has 0 aliphatic heterocycles. The number of benzene rings is 1. The van der Waals surface area contributed by atoms with E-state index in [1.54, 1.807) is 37.6 Å². The van der Waals surface area contributed by atoms with E-state index < -0.39 is 0 Å². The Kier molecular flexibility index (Phi) is 5.91. The van der Waals surface area contributed by atoms with E-state index in [1.165, 1.54) is 11.7 Å². The molecule has 0 fully saturated rings. The van der Waals surface area contributed by atoms with Crippen LogP contribution in [0.5, 0.6) is 11.6 Å². The van der Waals surface area contributed by atoms with E-state index in [1.807, 2.05) is 26.0 Å². The van der Waals surface area contributed by atoms with Crippen LogP contribution in [0.15, 0.2) is 47.4 Å². The van der Waals surface area contributed by atoms with E-state index in [4.69, 9.17) is 21.1 Å². The second-order valence-electron chi connectivity index (χ2n) is 7.15. The van der Waals surface area contributed by atoms with Gasteiger partial charge in [0.2, 0.25) is 5.88 Å². The zero-order valence-electron chi connectivity index (χ0n) is 18.0. The van der Waals surface area contributed by atoms with E-state index in [0.717, 1.165) is 27.2 Å². The van der Waals surface area contributed by atoms with Gasteiger partial charge in [0, 0.05) is 24.4 Å². The number of hydrogen-bond acceptors (Lipinski definition) is 7. The molecule has 9 nitrogen and oxygen atoms in total. The minimum Gasteiger partial charge on any atom is -0.496 e. The van der Waals surface area contributed by atoms with Gasteiger partial charge >= 0.3 is 5.69 Å². The Balaban J connectivity index is 1.67. The number of rotatable bonds is 6. The Morgan fingerprint density at radius 2 is 1.94 bits per heavy atom. The summed E-state index contributed by atoms with van der Waals surface area (Å²) in [5.41, 5.74) is 4.10. The van der Waals surface area contributed by atoms with Crippen molar-refractivity contribution in [2.75, 3.05) is 7.11 Å². The minimum atomic E-state index is -0.371. The van der Waals surface area contributed by atoms with E-state index in [9.17, 15) is 4.79 Å². The standard InChI is InChI=1S/C22H21ClN6O3/c1-13-10-16(18-9-8-15(23)11-24-18)14(2)25-21(13)32-12-17-19(6-5-7-20(17)31-4)29-22(30)28(3)26-27-29/h5-11H,12H2,1-4H3. The number of hydrogen-bond donors (Lipinski definition) is 0. The SMILES string of the molecule is COc1cccc(-n2nnn(C)c2=O)c1COc1nc(C)c(-c2ccc(Cl)cn2)cc1C. The summed E-state index contributed by atoms with van der Waals surface area (Å²) in [6.07, 6.45) is 1.60. The summed E-state index contributed by atoms with van der Waals surface area (Å²) in [4.78, 5) is 21.4. The van der Waals surface area contributed by atoms with Gasteiger partial charge in [0.05, 0.1) is 34.8 Å². The molecular formula is C22H21ClN6O3. The van der Waals surface area contributed by atoms with Crippen LogP contribution in [0.3, 0.4) is 0 Å². The quantitative estimate of drug-likeness (QED) is 0.442. The van der Waals surface area contributed by atoms with Crippen LogP contribution in [0.25, 0.3) is 16.9 Å². The number of methoxy groups -OCH3 is 1. The number of pyridine rings is 2. The van der Waals surface area contributed by atoms with Crippen LogP contribution in [0.4, 0.5) is 0 Å². The highest BCUT2D eigenvalue weighted by atomic mass is 35.5. The molecule has 3 heterocycles. The fourth-order valence-corrected chi connectivity index (χ4v) is 3.43. The first-order valence-corrected chi connectivity index (χ1v) is 10.1. The van der Waals surface area contributed by atoms with Crippen LogP contribution < -0.4 is 15.2 Å². The summed E-state index contributed by atoms with van der Waals surface area (Å²) in [5.74, 6) is 1.04. The Morgan fingerprint density at radius 1 is 1.12 bits per heavy atom. The van der Waals surface area contributed by atoms with Crippen LogP contribution >= 0.6 is 11.6 Å². The largest absolute Gasteiger partial charge is 0.496 e. The second-order valence-corrected chi connectivity index (χ2v) is 7.58. The van der Waals surface area contributed by atoms with Crippen molar-refractivity contribution in [1.82, 2.24) is 29.8 Å². The van der Waals surface area contributed by atoms with Crippen LogP contribution in [-0.2, 0) is 13.7 Å². The average Bonchev–Trinajstić information content (AvgIpc) is 3.12. The molecule has 0 saturated heterocycles. The third-order valence-electron chi connectivity index (χ3n) is 4.99. The van der Waals surface area contributed by atoms with Crippen molar-refractivity contribution < 1.29 is 9.47 Å². The first-order chi connectivity index (χ1) is 15.4. The van der Waals surface area contributed by atoms with Crippen LogP contribution in [-0.4, -0.2) is 36.9 Å². The van der Waals surface area contributed by atoms with Crippen LogP contribution in [0.1, 0.15) is 16.8 Å². The molecule has 10 heteroatoms.